The zero-order chi connectivity index (χ0) is 12.3. The van der Waals surface area contributed by atoms with Gasteiger partial charge in [-0.15, -0.1) is 0 Å². The second-order valence-corrected chi connectivity index (χ2v) is 4.10. The summed E-state index contributed by atoms with van der Waals surface area (Å²) < 4.78 is 4.62. The number of amides is 1. The number of esters is 1. The van der Waals surface area contributed by atoms with Crippen molar-refractivity contribution in [2.45, 2.75) is 18.8 Å². The van der Waals surface area contributed by atoms with Crippen LogP contribution >= 0.6 is 0 Å². The molecule has 1 amide bonds. The van der Waals surface area contributed by atoms with Crippen LogP contribution in [0, 0.1) is 0 Å². The van der Waals surface area contributed by atoms with Crippen molar-refractivity contribution in [3.8, 4) is 0 Å². The number of hydrogen-bond acceptors (Lipinski definition) is 3. The molecule has 1 saturated heterocycles. The van der Waals surface area contributed by atoms with Crippen LogP contribution in [0.1, 0.15) is 34.7 Å². The number of nitrogens with one attached hydrogen (secondary N) is 1. The highest BCUT2D eigenvalue weighted by Crippen LogP contribution is 2.24. The molecule has 4 heteroatoms. The van der Waals surface area contributed by atoms with Crippen molar-refractivity contribution in [1.29, 1.82) is 0 Å². The lowest BCUT2D eigenvalue weighted by Gasteiger charge is -2.22. The van der Waals surface area contributed by atoms with Crippen LogP contribution in [0.2, 0.25) is 0 Å². The maximum Gasteiger partial charge on any atom is 0.337 e. The lowest BCUT2D eigenvalue weighted by atomic mass is 9.90. The third kappa shape index (κ3) is 2.46. The quantitative estimate of drug-likeness (QED) is 0.787. The predicted molar refractivity (Wildman–Crippen MR) is 62.8 cm³/mol. The van der Waals surface area contributed by atoms with E-state index in [1.54, 1.807) is 12.1 Å². The van der Waals surface area contributed by atoms with E-state index in [0.29, 0.717) is 5.56 Å². The van der Waals surface area contributed by atoms with E-state index >= 15 is 0 Å². The van der Waals surface area contributed by atoms with E-state index in [2.05, 4.69) is 10.1 Å². The molecule has 0 bridgehead atoms. The van der Waals surface area contributed by atoms with Crippen LogP contribution < -0.4 is 5.32 Å². The van der Waals surface area contributed by atoms with Gasteiger partial charge in [0.1, 0.15) is 0 Å². The molecule has 1 N–H and O–H groups in total. The first-order valence-corrected chi connectivity index (χ1v) is 5.68. The molecule has 17 heavy (non-hydrogen) atoms. The zero-order valence-corrected chi connectivity index (χ0v) is 9.73. The molecular formula is C13H15NO3. The number of hydrogen-bond donors (Lipinski definition) is 1. The molecule has 0 saturated carbocycles. The summed E-state index contributed by atoms with van der Waals surface area (Å²) in [5.41, 5.74) is 1.46. The number of rotatable bonds is 2. The third-order valence-electron chi connectivity index (χ3n) is 3.02. The summed E-state index contributed by atoms with van der Waals surface area (Å²) in [7, 11) is 1.35. The van der Waals surface area contributed by atoms with E-state index in [0.717, 1.165) is 24.9 Å². The summed E-state index contributed by atoms with van der Waals surface area (Å²) in [6.07, 6.45) is 1.86. The fraction of sp³-hybridized carbons (Fsp3) is 0.385. The molecule has 0 radical (unpaired) electrons. The van der Waals surface area contributed by atoms with Crippen LogP contribution in [-0.2, 0) is 9.53 Å². The second kappa shape index (κ2) is 4.99. The Hall–Kier alpha value is -1.84. The number of piperidine rings is 1. The van der Waals surface area contributed by atoms with E-state index in [1.807, 2.05) is 12.1 Å². The van der Waals surface area contributed by atoms with Crippen molar-refractivity contribution in [1.82, 2.24) is 5.32 Å². The first-order chi connectivity index (χ1) is 8.22. The molecule has 90 valence electrons. The summed E-state index contributed by atoms with van der Waals surface area (Å²) in [6.45, 7) is 0.760. The minimum absolute atomic E-state index is 0.0714. The molecule has 1 aliphatic rings. The summed E-state index contributed by atoms with van der Waals surface area (Å²) in [4.78, 5) is 22.9. The van der Waals surface area contributed by atoms with Gasteiger partial charge in [0, 0.05) is 6.54 Å². The minimum Gasteiger partial charge on any atom is -0.465 e. The van der Waals surface area contributed by atoms with Crippen LogP contribution in [0.15, 0.2) is 24.3 Å². The van der Waals surface area contributed by atoms with Crippen molar-refractivity contribution < 1.29 is 14.3 Å². The Morgan fingerprint density at radius 3 is 2.65 bits per heavy atom. The Kier molecular flexibility index (Phi) is 3.42. The standard InChI is InChI=1S/C13H15NO3/c1-17-13(16)10-6-4-9(5-7-10)11-3-2-8-14-12(11)15/h4-7,11H,2-3,8H2,1H3,(H,14,15)/t11-/m1/s1. The van der Waals surface area contributed by atoms with Gasteiger partial charge in [-0.05, 0) is 30.5 Å². The maximum atomic E-state index is 11.7. The molecule has 2 rings (SSSR count). The number of ether oxygens (including phenoxy) is 1. The molecule has 0 aromatic heterocycles. The van der Waals surface area contributed by atoms with Crippen LogP contribution in [-0.4, -0.2) is 25.5 Å². The number of benzene rings is 1. The number of carbonyl (C=O) groups is 2. The molecule has 1 atom stereocenters. The topological polar surface area (TPSA) is 55.4 Å². The molecule has 1 aliphatic heterocycles. The van der Waals surface area contributed by atoms with Crippen LogP contribution in [0.25, 0.3) is 0 Å². The Balaban J connectivity index is 2.17. The number of methoxy groups -OCH3 is 1. The highest BCUT2D eigenvalue weighted by Gasteiger charge is 2.23. The van der Waals surface area contributed by atoms with Gasteiger partial charge in [0.2, 0.25) is 5.91 Å². The van der Waals surface area contributed by atoms with E-state index in [1.165, 1.54) is 7.11 Å². The molecule has 1 fully saturated rings. The monoisotopic (exact) mass is 233 g/mol. The molecule has 0 spiro atoms. The van der Waals surface area contributed by atoms with E-state index in [4.69, 9.17) is 0 Å². The van der Waals surface area contributed by atoms with E-state index < -0.39 is 0 Å². The molecule has 0 aliphatic carbocycles. The minimum atomic E-state index is -0.357. The summed E-state index contributed by atoms with van der Waals surface area (Å²) >= 11 is 0. The van der Waals surface area contributed by atoms with Crippen LogP contribution in [0.3, 0.4) is 0 Å². The summed E-state index contributed by atoms with van der Waals surface area (Å²) in [6, 6.07) is 7.04. The first kappa shape index (κ1) is 11.6. The lowest BCUT2D eigenvalue weighted by molar-refractivity contribution is -0.123. The largest absolute Gasteiger partial charge is 0.465 e. The van der Waals surface area contributed by atoms with Gasteiger partial charge >= 0.3 is 5.97 Å². The lowest BCUT2D eigenvalue weighted by Crippen LogP contribution is -2.35. The van der Waals surface area contributed by atoms with Crippen molar-refractivity contribution in [3.05, 3.63) is 35.4 Å². The first-order valence-electron chi connectivity index (χ1n) is 5.68. The van der Waals surface area contributed by atoms with Gasteiger partial charge in [0.05, 0.1) is 18.6 Å². The maximum absolute atomic E-state index is 11.7. The Morgan fingerprint density at radius 1 is 1.35 bits per heavy atom. The second-order valence-electron chi connectivity index (χ2n) is 4.10. The highest BCUT2D eigenvalue weighted by atomic mass is 16.5. The van der Waals surface area contributed by atoms with Gasteiger partial charge in [-0.3, -0.25) is 4.79 Å². The molecule has 1 aromatic carbocycles. The SMILES string of the molecule is COC(=O)c1ccc([C@H]2CCCNC2=O)cc1. The molecule has 1 heterocycles. The van der Waals surface area contributed by atoms with Crippen molar-refractivity contribution in [2.24, 2.45) is 0 Å². The number of carbonyl (C=O) groups excluding carboxylic acids is 2. The van der Waals surface area contributed by atoms with E-state index in [9.17, 15) is 9.59 Å². The Labute approximate surface area is 100.0 Å². The fourth-order valence-corrected chi connectivity index (χ4v) is 2.06. The van der Waals surface area contributed by atoms with Gasteiger partial charge < -0.3 is 10.1 Å². The predicted octanol–water partition coefficient (Wildman–Crippen LogP) is 1.47. The van der Waals surface area contributed by atoms with Gasteiger partial charge in [-0.25, -0.2) is 4.79 Å². The van der Waals surface area contributed by atoms with Gasteiger partial charge in [0.25, 0.3) is 0 Å². The third-order valence-corrected chi connectivity index (χ3v) is 3.02. The Bertz CT molecular complexity index is 425. The van der Waals surface area contributed by atoms with E-state index in [-0.39, 0.29) is 17.8 Å². The molecule has 1 aromatic rings. The van der Waals surface area contributed by atoms with Crippen molar-refractivity contribution >= 4 is 11.9 Å². The average molecular weight is 233 g/mol. The van der Waals surface area contributed by atoms with Gasteiger partial charge in [-0.1, -0.05) is 12.1 Å². The molecule has 4 nitrogen and oxygen atoms in total. The van der Waals surface area contributed by atoms with Crippen LogP contribution in [0.5, 0.6) is 0 Å². The molecular weight excluding hydrogens is 218 g/mol. The fourth-order valence-electron chi connectivity index (χ4n) is 2.06. The van der Waals surface area contributed by atoms with Gasteiger partial charge in [-0.2, -0.15) is 0 Å². The van der Waals surface area contributed by atoms with Crippen molar-refractivity contribution in [2.75, 3.05) is 13.7 Å². The van der Waals surface area contributed by atoms with Crippen LogP contribution in [0.4, 0.5) is 0 Å². The zero-order valence-electron chi connectivity index (χ0n) is 9.73. The average Bonchev–Trinajstić information content (AvgIpc) is 2.39. The van der Waals surface area contributed by atoms with Gasteiger partial charge in [0.15, 0.2) is 0 Å². The molecule has 0 unspecified atom stereocenters. The highest BCUT2D eigenvalue weighted by molar-refractivity contribution is 5.90. The summed E-state index contributed by atoms with van der Waals surface area (Å²) in [5, 5.41) is 2.85. The van der Waals surface area contributed by atoms with Crippen molar-refractivity contribution in [3.63, 3.8) is 0 Å². The Morgan fingerprint density at radius 2 is 2.06 bits per heavy atom. The summed E-state index contributed by atoms with van der Waals surface area (Å²) in [5.74, 6) is -0.373. The normalized spacial score (nSPS) is 19.6. The smallest absolute Gasteiger partial charge is 0.337 e.